The van der Waals surface area contributed by atoms with E-state index in [1.165, 1.54) is 0 Å². The van der Waals surface area contributed by atoms with Gasteiger partial charge < -0.3 is 10.1 Å². The van der Waals surface area contributed by atoms with Crippen LogP contribution >= 0.6 is 0 Å². The van der Waals surface area contributed by atoms with Crippen molar-refractivity contribution >= 4 is 28.8 Å². The summed E-state index contributed by atoms with van der Waals surface area (Å²) < 4.78 is 5.06. The Kier molecular flexibility index (Phi) is 6.36. The maximum atomic E-state index is 12.0. The fourth-order valence-electron chi connectivity index (χ4n) is 2.73. The summed E-state index contributed by atoms with van der Waals surface area (Å²) >= 11 is 0. The van der Waals surface area contributed by atoms with E-state index < -0.39 is 0 Å². The van der Waals surface area contributed by atoms with Crippen LogP contribution in [0.25, 0.3) is 10.8 Å². The lowest BCUT2D eigenvalue weighted by Crippen LogP contribution is -2.29. The minimum Gasteiger partial charge on any atom is -0.497 e. The minimum atomic E-state index is -0.272. The molecule has 0 bridgehead atoms. The molecule has 0 fully saturated rings. The summed E-state index contributed by atoms with van der Waals surface area (Å²) in [6, 6.07) is 20.6. The van der Waals surface area contributed by atoms with Crippen LogP contribution in [-0.4, -0.2) is 31.7 Å². The number of rotatable bonds is 7. The van der Waals surface area contributed by atoms with Crippen molar-refractivity contribution in [3.63, 3.8) is 0 Å². The zero-order chi connectivity index (χ0) is 19.8. The van der Waals surface area contributed by atoms with E-state index in [9.17, 15) is 9.59 Å². The molecule has 142 valence electrons. The molecule has 6 nitrogen and oxygen atoms in total. The number of hydrogen-bond acceptors (Lipinski definition) is 4. The largest absolute Gasteiger partial charge is 0.497 e. The van der Waals surface area contributed by atoms with Crippen molar-refractivity contribution in [3.8, 4) is 5.75 Å². The molecule has 3 aromatic carbocycles. The van der Waals surface area contributed by atoms with Gasteiger partial charge in [-0.2, -0.15) is 5.10 Å². The number of carbonyl (C=O) groups is 2. The van der Waals surface area contributed by atoms with Gasteiger partial charge in [0.15, 0.2) is 0 Å². The summed E-state index contributed by atoms with van der Waals surface area (Å²) in [6.45, 7) is 0.223. The molecule has 2 N–H and O–H groups in total. The molecule has 0 aliphatic heterocycles. The third kappa shape index (κ3) is 4.94. The number of amides is 2. The van der Waals surface area contributed by atoms with Gasteiger partial charge in [-0.25, -0.2) is 5.43 Å². The second kappa shape index (κ2) is 9.32. The van der Waals surface area contributed by atoms with Crippen molar-refractivity contribution in [1.82, 2.24) is 10.7 Å². The standard InChI is InChI=1S/C22H21N3O3/c1-28-19-11-9-17(10-12-19)22(27)23-14-13-21(26)25-24-15-18-7-4-6-16-5-2-3-8-20(16)18/h2-12,15H,13-14H2,1H3,(H,23,27)(H,25,26). The smallest absolute Gasteiger partial charge is 0.251 e. The molecule has 3 aromatic rings. The van der Waals surface area contributed by atoms with E-state index >= 15 is 0 Å². The Morgan fingerprint density at radius 2 is 1.75 bits per heavy atom. The van der Waals surface area contributed by atoms with E-state index in [1.54, 1.807) is 37.6 Å². The third-order valence-electron chi connectivity index (χ3n) is 4.21. The molecule has 0 saturated heterocycles. The number of methoxy groups -OCH3 is 1. The molecule has 0 radical (unpaired) electrons. The van der Waals surface area contributed by atoms with Crippen LogP contribution in [0.4, 0.5) is 0 Å². The lowest BCUT2D eigenvalue weighted by Gasteiger charge is -2.06. The Hall–Kier alpha value is -3.67. The maximum absolute atomic E-state index is 12.0. The van der Waals surface area contributed by atoms with Crippen LogP contribution in [0.2, 0.25) is 0 Å². The van der Waals surface area contributed by atoms with Crippen LogP contribution in [0, 0.1) is 0 Å². The Bertz CT molecular complexity index is 992. The highest BCUT2D eigenvalue weighted by Gasteiger charge is 2.06. The number of carbonyl (C=O) groups excluding carboxylic acids is 2. The molecule has 0 heterocycles. The van der Waals surface area contributed by atoms with Gasteiger partial charge in [0.2, 0.25) is 5.91 Å². The average Bonchev–Trinajstić information content (AvgIpc) is 2.74. The van der Waals surface area contributed by atoms with E-state index in [2.05, 4.69) is 15.8 Å². The van der Waals surface area contributed by atoms with E-state index in [0.29, 0.717) is 11.3 Å². The Morgan fingerprint density at radius 1 is 1.00 bits per heavy atom. The lowest BCUT2D eigenvalue weighted by molar-refractivity contribution is -0.120. The first-order valence-electron chi connectivity index (χ1n) is 8.89. The Balaban J connectivity index is 1.46. The summed E-state index contributed by atoms with van der Waals surface area (Å²) in [5.41, 5.74) is 3.92. The fraction of sp³-hybridized carbons (Fsp3) is 0.136. The first-order chi connectivity index (χ1) is 13.7. The molecule has 0 saturated carbocycles. The zero-order valence-corrected chi connectivity index (χ0v) is 15.5. The van der Waals surface area contributed by atoms with Gasteiger partial charge in [0.25, 0.3) is 5.91 Å². The van der Waals surface area contributed by atoms with E-state index in [-0.39, 0.29) is 24.8 Å². The quantitative estimate of drug-likeness (QED) is 0.492. The van der Waals surface area contributed by atoms with Gasteiger partial charge in [-0.05, 0) is 35.0 Å². The molecule has 6 heteroatoms. The highest BCUT2D eigenvalue weighted by Crippen LogP contribution is 2.16. The predicted octanol–water partition coefficient (Wildman–Crippen LogP) is 3.12. The summed E-state index contributed by atoms with van der Waals surface area (Å²) in [7, 11) is 1.57. The first kappa shape index (κ1) is 19.1. The number of nitrogens with zero attached hydrogens (tertiary/aromatic N) is 1. The van der Waals surface area contributed by atoms with E-state index in [1.807, 2.05) is 42.5 Å². The van der Waals surface area contributed by atoms with Gasteiger partial charge in [0.1, 0.15) is 5.75 Å². The molecule has 0 atom stereocenters. The summed E-state index contributed by atoms with van der Waals surface area (Å²) in [5, 5.41) is 8.90. The van der Waals surface area contributed by atoms with Crippen LogP contribution < -0.4 is 15.5 Å². The number of fused-ring (bicyclic) bond motifs is 1. The SMILES string of the molecule is COc1ccc(C(=O)NCCC(=O)NN=Cc2cccc3ccccc23)cc1. The number of hydrazone groups is 1. The Morgan fingerprint density at radius 3 is 2.54 bits per heavy atom. The van der Waals surface area contributed by atoms with Gasteiger partial charge in [0, 0.05) is 24.1 Å². The number of benzene rings is 3. The molecular weight excluding hydrogens is 354 g/mol. The minimum absolute atomic E-state index is 0.134. The number of hydrogen-bond donors (Lipinski definition) is 2. The van der Waals surface area contributed by atoms with E-state index in [4.69, 9.17) is 4.74 Å². The second-order valence-corrected chi connectivity index (χ2v) is 6.10. The molecule has 0 unspecified atom stereocenters. The molecule has 0 aliphatic rings. The molecule has 0 aliphatic carbocycles. The van der Waals surface area contributed by atoms with Gasteiger partial charge in [-0.15, -0.1) is 0 Å². The van der Waals surface area contributed by atoms with Gasteiger partial charge in [-0.3, -0.25) is 9.59 Å². The Labute approximate surface area is 163 Å². The highest BCUT2D eigenvalue weighted by atomic mass is 16.5. The molecule has 3 rings (SSSR count). The number of ether oxygens (including phenoxy) is 1. The molecule has 0 aromatic heterocycles. The second-order valence-electron chi connectivity index (χ2n) is 6.10. The summed E-state index contributed by atoms with van der Waals surface area (Å²) in [5.74, 6) is 0.168. The zero-order valence-electron chi connectivity index (χ0n) is 15.5. The summed E-state index contributed by atoms with van der Waals surface area (Å²) in [6.07, 6.45) is 1.75. The fourth-order valence-corrected chi connectivity index (χ4v) is 2.73. The van der Waals surface area contributed by atoms with Crippen molar-refractivity contribution in [2.75, 3.05) is 13.7 Å². The van der Waals surface area contributed by atoms with Crippen LogP contribution in [0.1, 0.15) is 22.3 Å². The average molecular weight is 375 g/mol. The third-order valence-corrected chi connectivity index (χ3v) is 4.21. The molecule has 28 heavy (non-hydrogen) atoms. The monoisotopic (exact) mass is 375 g/mol. The normalized spacial score (nSPS) is 10.8. The van der Waals surface area contributed by atoms with Gasteiger partial charge >= 0.3 is 0 Å². The molecule has 2 amide bonds. The predicted molar refractivity (Wildman–Crippen MR) is 110 cm³/mol. The van der Waals surface area contributed by atoms with Crippen molar-refractivity contribution in [2.45, 2.75) is 6.42 Å². The van der Waals surface area contributed by atoms with Crippen LogP contribution in [0.3, 0.4) is 0 Å². The van der Waals surface area contributed by atoms with Gasteiger partial charge in [-0.1, -0.05) is 42.5 Å². The molecular formula is C22H21N3O3. The first-order valence-corrected chi connectivity index (χ1v) is 8.89. The topological polar surface area (TPSA) is 79.8 Å². The van der Waals surface area contributed by atoms with Crippen LogP contribution in [0.5, 0.6) is 5.75 Å². The molecule has 0 spiro atoms. The van der Waals surface area contributed by atoms with Crippen molar-refractivity contribution < 1.29 is 14.3 Å². The highest BCUT2D eigenvalue weighted by molar-refractivity contribution is 6.00. The number of nitrogens with one attached hydrogen (secondary N) is 2. The van der Waals surface area contributed by atoms with Crippen molar-refractivity contribution in [1.29, 1.82) is 0 Å². The maximum Gasteiger partial charge on any atom is 0.251 e. The summed E-state index contributed by atoms with van der Waals surface area (Å²) in [4.78, 5) is 23.9. The van der Waals surface area contributed by atoms with Crippen LogP contribution in [0.15, 0.2) is 71.8 Å². The lowest BCUT2D eigenvalue weighted by atomic mass is 10.1. The van der Waals surface area contributed by atoms with Gasteiger partial charge in [0.05, 0.1) is 13.3 Å². The van der Waals surface area contributed by atoms with Crippen molar-refractivity contribution in [3.05, 3.63) is 77.9 Å². The van der Waals surface area contributed by atoms with Crippen LogP contribution in [-0.2, 0) is 4.79 Å². The van der Waals surface area contributed by atoms with E-state index in [0.717, 1.165) is 16.3 Å². The van der Waals surface area contributed by atoms with Crippen molar-refractivity contribution in [2.24, 2.45) is 5.10 Å².